The van der Waals surface area contributed by atoms with Gasteiger partial charge in [0.2, 0.25) is 0 Å². The minimum Gasteiger partial charge on any atom is -0.395 e. The predicted molar refractivity (Wildman–Crippen MR) is 81.9 cm³/mol. The summed E-state index contributed by atoms with van der Waals surface area (Å²) in [6.07, 6.45) is 0. The first-order chi connectivity index (χ1) is 10.1. The highest BCUT2D eigenvalue weighted by Crippen LogP contribution is 2.35. The molecule has 21 heavy (non-hydrogen) atoms. The summed E-state index contributed by atoms with van der Waals surface area (Å²) < 4.78 is 13.9. The fourth-order valence-corrected chi connectivity index (χ4v) is 3.19. The molecular formula is C17H17ClFNO. The Morgan fingerprint density at radius 1 is 1.10 bits per heavy atom. The van der Waals surface area contributed by atoms with Crippen molar-refractivity contribution < 1.29 is 9.50 Å². The number of aliphatic hydroxyl groups excluding tert-OH is 1. The minimum atomic E-state index is -0.347. The van der Waals surface area contributed by atoms with Gasteiger partial charge in [0, 0.05) is 30.6 Å². The van der Waals surface area contributed by atoms with Gasteiger partial charge in [0.1, 0.15) is 5.82 Å². The molecule has 1 aliphatic rings. The van der Waals surface area contributed by atoms with Crippen LogP contribution >= 0.6 is 11.6 Å². The Kier molecular flexibility index (Phi) is 3.98. The molecule has 2 aromatic rings. The molecule has 0 amide bonds. The minimum absolute atomic E-state index is 0.103. The molecule has 4 heteroatoms. The van der Waals surface area contributed by atoms with Crippen molar-refractivity contribution in [2.45, 2.75) is 12.0 Å². The molecular weight excluding hydrogens is 289 g/mol. The molecule has 1 aliphatic heterocycles. The largest absolute Gasteiger partial charge is 0.395 e. The summed E-state index contributed by atoms with van der Waals surface area (Å²) in [6.45, 7) is 2.06. The van der Waals surface area contributed by atoms with E-state index in [4.69, 9.17) is 11.6 Å². The number of nitrogens with zero attached hydrogens (tertiary/aromatic N) is 1. The topological polar surface area (TPSA) is 23.5 Å². The zero-order valence-electron chi connectivity index (χ0n) is 11.6. The van der Waals surface area contributed by atoms with Crippen LogP contribution in [0.15, 0.2) is 48.5 Å². The van der Waals surface area contributed by atoms with Gasteiger partial charge in [0.15, 0.2) is 0 Å². The molecule has 0 spiro atoms. The molecule has 2 aromatic carbocycles. The van der Waals surface area contributed by atoms with Crippen LogP contribution in [0.25, 0.3) is 0 Å². The highest BCUT2D eigenvalue weighted by Gasteiger charge is 2.43. The standard InChI is InChI=1S/C17H17ClFNO/c18-15-8-4-5-13(16(15)19)9-20-10-17(11-20,12-21)14-6-2-1-3-7-14/h1-8,21H,9-12H2. The summed E-state index contributed by atoms with van der Waals surface area (Å²) in [5.41, 5.74) is 1.51. The van der Waals surface area contributed by atoms with Gasteiger partial charge < -0.3 is 5.11 Å². The monoisotopic (exact) mass is 305 g/mol. The molecule has 3 rings (SSSR count). The zero-order chi connectivity index (χ0) is 14.9. The number of likely N-dealkylation sites (tertiary alicyclic amines) is 1. The average Bonchev–Trinajstić information content (AvgIpc) is 2.48. The lowest BCUT2D eigenvalue weighted by atomic mass is 9.74. The molecule has 0 aromatic heterocycles. The summed E-state index contributed by atoms with van der Waals surface area (Å²) in [6, 6.07) is 15.1. The van der Waals surface area contributed by atoms with Crippen molar-refractivity contribution in [3.05, 3.63) is 70.5 Å². The number of hydrogen-bond acceptors (Lipinski definition) is 2. The molecule has 0 aliphatic carbocycles. The van der Waals surface area contributed by atoms with Gasteiger partial charge in [-0.25, -0.2) is 4.39 Å². The third kappa shape index (κ3) is 2.69. The molecule has 0 unspecified atom stereocenters. The van der Waals surface area contributed by atoms with E-state index in [1.165, 1.54) is 0 Å². The van der Waals surface area contributed by atoms with Gasteiger partial charge in [-0.3, -0.25) is 4.90 Å². The smallest absolute Gasteiger partial charge is 0.146 e. The van der Waals surface area contributed by atoms with Crippen molar-refractivity contribution >= 4 is 11.6 Å². The first-order valence-corrected chi connectivity index (χ1v) is 7.34. The number of rotatable bonds is 4. The Labute approximate surface area is 128 Å². The molecule has 1 heterocycles. The lowest BCUT2D eigenvalue weighted by Gasteiger charge is -2.49. The van der Waals surface area contributed by atoms with Crippen LogP contribution in [0, 0.1) is 5.82 Å². The van der Waals surface area contributed by atoms with Crippen molar-refractivity contribution in [3.8, 4) is 0 Å². The quantitative estimate of drug-likeness (QED) is 0.937. The molecule has 2 nitrogen and oxygen atoms in total. The molecule has 0 radical (unpaired) electrons. The van der Waals surface area contributed by atoms with Crippen LogP contribution in [0.3, 0.4) is 0 Å². The van der Waals surface area contributed by atoms with E-state index in [2.05, 4.69) is 4.90 Å². The summed E-state index contributed by atoms with van der Waals surface area (Å²) in [4.78, 5) is 2.12. The SMILES string of the molecule is OCC1(c2ccccc2)CN(Cc2cccc(Cl)c2F)C1. The van der Waals surface area contributed by atoms with E-state index in [1.807, 2.05) is 30.3 Å². The average molecular weight is 306 g/mol. The fraction of sp³-hybridized carbons (Fsp3) is 0.294. The molecule has 1 saturated heterocycles. The van der Waals surface area contributed by atoms with Gasteiger partial charge in [0.05, 0.1) is 11.6 Å². The number of benzene rings is 2. The number of hydrogen-bond donors (Lipinski definition) is 1. The van der Waals surface area contributed by atoms with Crippen molar-refractivity contribution in [1.29, 1.82) is 0 Å². The first kappa shape index (κ1) is 14.5. The second-order valence-electron chi connectivity index (χ2n) is 5.66. The van der Waals surface area contributed by atoms with Crippen LogP contribution in [-0.4, -0.2) is 29.7 Å². The molecule has 0 atom stereocenters. The lowest BCUT2D eigenvalue weighted by molar-refractivity contribution is 0.0133. The molecule has 1 N–H and O–H groups in total. The summed E-state index contributed by atoms with van der Waals surface area (Å²) in [7, 11) is 0. The van der Waals surface area contributed by atoms with E-state index < -0.39 is 0 Å². The zero-order valence-corrected chi connectivity index (χ0v) is 12.4. The second kappa shape index (κ2) is 5.76. The maximum atomic E-state index is 13.9. The van der Waals surface area contributed by atoms with Crippen LogP contribution in [0.5, 0.6) is 0 Å². The third-order valence-corrected chi connectivity index (χ3v) is 4.46. The highest BCUT2D eigenvalue weighted by atomic mass is 35.5. The normalized spacial score (nSPS) is 17.5. The van der Waals surface area contributed by atoms with Crippen molar-refractivity contribution in [3.63, 3.8) is 0 Å². The predicted octanol–water partition coefficient (Wildman–Crippen LogP) is 3.23. The van der Waals surface area contributed by atoms with E-state index >= 15 is 0 Å². The Morgan fingerprint density at radius 3 is 2.48 bits per heavy atom. The van der Waals surface area contributed by atoms with Gasteiger partial charge in [-0.15, -0.1) is 0 Å². The molecule has 0 bridgehead atoms. The van der Waals surface area contributed by atoms with E-state index in [-0.39, 0.29) is 22.9 Å². The molecule has 1 fully saturated rings. The van der Waals surface area contributed by atoms with E-state index in [9.17, 15) is 9.50 Å². The van der Waals surface area contributed by atoms with Gasteiger partial charge in [-0.05, 0) is 11.6 Å². The summed E-state index contributed by atoms with van der Waals surface area (Å²) in [5.74, 6) is -0.347. The van der Waals surface area contributed by atoms with Crippen molar-refractivity contribution in [2.24, 2.45) is 0 Å². The van der Waals surface area contributed by atoms with Gasteiger partial charge in [-0.2, -0.15) is 0 Å². The highest BCUT2D eigenvalue weighted by molar-refractivity contribution is 6.30. The Hall–Kier alpha value is -1.42. The van der Waals surface area contributed by atoms with Crippen LogP contribution < -0.4 is 0 Å². The Balaban J connectivity index is 1.71. The number of halogens is 2. The van der Waals surface area contributed by atoms with Crippen molar-refractivity contribution in [2.75, 3.05) is 19.7 Å². The van der Waals surface area contributed by atoms with Crippen LogP contribution in [0.4, 0.5) is 4.39 Å². The fourth-order valence-electron chi connectivity index (χ4n) is 3.00. The van der Waals surface area contributed by atoms with E-state index in [0.717, 1.165) is 18.7 Å². The molecule has 0 saturated carbocycles. The first-order valence-electron chi connectivity index (χ1n) is 6.96. The Bertz CT molecular complexity index is 626. The van der Waals surface area contributed by atoms with Gasteiger partial charge in [0.25, 0.3) is 0 Å². The van der Waals surface area contributed by atoms with Gasteiger partial charge >= 0.3 is 0 Å². The Morgan fingerprint density at radius 2 is 1.81 bits per heavy atom. The van der Waals surface area contributed by atoms with Gasteiger partial charge in [-0.1, -0.05) is 54.1 Å². The summed E-state index contributed by atoms with van der Waals surface area (Å²) >= 11 is 5.80. The van der Waals surface area contributed by atoms with Crippen LogP contribution in [0.1, 0.15) is 11.1 Å². The van der Waals surface area contributed by atoms with E-state index in [0.29, 0.717) is 12.1 Å². The maximum Gasteiger partial charge on any atom is 0.146 e. The third-order valence-electron chi connectivity index (χ3n) is 4.17. The second-order valence-corrected chi connectivity index (χ2v) is 6.07. The molecule has 110 valence electrons. The van der Waals surface area contributed by atoms with Crippen LogP contribution in [0.2, 0.25) is 5.02 Å². The number of aliphatic hydroxyl groups is 1. The maximum absolute atomic E-state index is 13.9. The lowest BCUT2D eigenvalue weighted by Crippen LogP contribution is -2.60. The van der Waals surface area contributed by atoms with Crippen molar-refractivity contribution in [1.82, 2.24) is 4.90 Å². The summed E-state index contributed by atoms with van der Waals surface area (Å²) in [5, 5.41) is 9.91. The van der Waals surface area contributed by atoms with Crippen LogP contribution in [-0.2, 0) is 12.0 Å². The van der Waals surface area contributed by atoms with E-state index in [1.54, 1.807) is 18.2 Å².